The van der Waals surface area contributed by atoms with Gasteiger partial charge in [0.05, 0.1) is 21.3 Å². The third kappa shape index (κ3) is 2.63. The molecule has 0 amide bonds. The second kappa shape index (κ2) is 5.46. The third-order valence-electron chi connectivity index (χ3n) is 1.72. The zero-order chi connectivity index (χ0) is 12.3. The topological polar surface area (TPSA) is 39.2 Å². The van der Waals surface area contributed by atoms with E-state index in [2.05, 4.69) is 9.72 Å². The van der Waals surface area contributed by atoms with Crippen molar-refractivity contribution in [1.82, 2.24) is 4.98 Å². The van der Waals surface area contributed by atoms with Crippen LogP contribution >= 0.6 is 22.6 Å². The van der Waals surface area contributed by atoms with E-state index < -0.39 is 29.5 Å². The van der Waals surface area contributed by atoms with Gasteiger partial charge in [0.15, 0.2) is 0 Å². The number of alkyl halides is 2. The van der Waals surface area contributed by atoms with Gasteiger partial charge in [-0.15, -0.1) is 0 Å². The molecule has 7 heteroatoms. The second-order valence-corrected chi connectivity index (χ2v) is 3.79. The summed E-state index contributed by atoms with van der Waals surface area (Å²) in [6.07, 6.45) is -2.25. The molecular formula is C9H7F3INO2. The fraction of sp³-hybridized carbons (Fsp3) is 0.333. The van der Waals surface area contributed by atoms with E-state index in [0.717, 1.165) is 0 Å². The first-order valence-corrected chi connectivity index (χ1v) is 5.36. The zero-order valence-electron chi connectivity index (χ0n) is 8.14. The van der Waals surface area contributed by atoms with Crippen LogP contribution in [0.3, 0.4) is 0 Å². The molecule has 0 saturated carbocycles. The summed E-state index contributed by atoms with van der Waals surface area (Å²) >= 11 is 1.45. The summed E-state index contributed by atoms with van der Waals surface area (Å²) in [7, 11) is 0. The van der Waals surface area contributed by atoms with Crippen molar-refractivity contribution in [2.45, 2.75) is 13.3 Å². The summed E-state index contributed by atoms with van der Waals surface area (Å²) in [4.78, 5) is 14.5. The maximum absolute atomic E-state index is 13.1. The number of carbonyl (C=O) groups excluding carboxylic acids is 1. The molecule has 0 fully saturated rings. The van der Waals surface area contributed by atoms with Gasteiger partial charge in [0.2, 0.25) is 5.95 Å². The van der Waals surface area contributed by atoms with Crippen LogP contribution in [0.4, 0.5) is 13.2 Å². The van der Waals surface area contributed by atoms with Crippen molar-refractivity contribution in [2.75, 3.05) is 6.61 Å². The van der Waals surface area contributed by atoms with Crippen LogP contribution in [0.15, 0.2) is 6.20 Å². The smallest absolute Gasteiger partial charge is 0.339 e. The van der Waals surface area contributed by atoms with Gasteiger partial charge in [-0.25, -0.2) is 18.6 Å². The lowest BCUT2D eigenvalue weighted by Gasteiger charge is -2.09. The molecule has 0 N–H and O–H groups in total. The van der Waals surface area contributed by atoms with E-state index >= 15 is 0 Å². The average Bonchev–Trinajstić information content (AvgIpc) is 2.21. The van der Waals surface area contributed by atoms with Gasteiger partial charge in [0.1, 0.15) is 0 Å². The molecule has 0 saturated heterocycles. The summed E-state index contributed by atoms with van der Waals surface area (Å²) in [5.74, 6) is -1.93. The molecule has 1 heterocycles. The lowest BCUT2D eigenvalue weighted by Crippen LogP contribution is -2.13. The fourth-order valence-corrected chi connectivity index (χ4v) is 1.72. The minimum Gasteiger partial charge on any atom is -0.462 e. The molecule has 0 aromatic carbocycles. The number of hydrogen-bond acceptors (Lipinski definition) is 3. The quantitative estimate of drug-likeness (QED) is 0.480. The Morgan fingerprint density at radius 1 is 1.62 bits per heavy atom. The van der Waals surface area contributed by atoms with Gasteiger partial charge in [0.25, 0.3) is 6.43 Å². The first-order chi connectivity index (χ1) is 7.49. The van der Waals surface area contributed by atoms with Crippen molar-refractivity contribution in [1.29, 1.82) is 0 Å². The van der Waals surface area contributed by atoms with Crippen LogP contribution in [0.5, 0.6) is 0 Å². The first-order valence-electron chi connectivity index (χ1n) is 4.28. The molecule has 1 aromatic heterocycles. The average molecular weight is 345 g/mol. The standard InChI is InChI=1S/C9H7F3INO2/c1-2-16-9(15)5-4(7(10)11)3-14-8(12)6(5)13/h3,7H,2H2,1H3. The summed E-state index contributed by atoms with van der Waals surface area (Å²) in [5, 5.41) is 0. The van der Waals surface area contributed by atoms with Crippen LogP contribution in [-0.2, 0) is 4.74 Å². The molecule has 0 aliphatic carbocycles. The highest BCUT2D eigenvalue weighted by Crippen LogP contribution is 2.27. The predicted octanol–water partition coefficient (Wildman–Crippen LogP) is 2.94. The molecule has 0 bridgehead atoms. The highest BCUT2D eigenvalue weighted by atomic mass is 127. The van der Waals surface area contributed by atoms with E-state index in [-0.39, 0.29) is 10.2 Å². The molecule has 16 heavy (non-hydrogen) atoms. The monoisotopic (exact) mass is 345 g/mol. The van der Waals surface area contributed by atoms with Gasteiger partial charge >= 0.3 is 5.97 Å². The Bertz CT molecular complexity index is 412. The maximum Gasteiger partial charge on any atom is 0.339 e. The summed E-state index contributed by atoms with van der Waals surface area (Å²) < 4.78 is 42.5. The summed E-state index contributed by atoms with van der Waals surface area (Å²) in [6, 6.07) is 0. The number of carbonyl (C=O) groups is 1. The first kappa shape index (κ1) is 13.2. The fourth-order valence-electron chi connectivity index (χ4n) is 1.05. The lowest BCUT2D eigenvalue weighted by atomic mass is 10.1. The minimum atomic E-state index is -2.90. The van der Waals surface area contributed by atoms with Gasteiger partial charge in [0, 0.05) is 6.20 Å². The normalized spacial score (nSPS) is 10.6. The Morgan fingerprint density at radius 2 is 2.25 bits per heavy atom. The molecule has 0 unspecified atom stereocenters. The molecular weight excluding hydrogens is 338 g/mol. The van der Waals surface area contributed by atoms with E-state index in [9.17, 15) is 18.0 Å². The number of ether oxygens (including phenoxy) is 1. The Morgan fingerprint density at radius 3 is 2.75 bits per heavy atom. The molecule has 0 spiro atoms. The van der Waals surface area contributed by atoms with E-state index in [1.807, 2.05) is 0 Å². The molecule has 0 atom stereocenters. The van der Waals surface area contributed by atoms with Gasteiger partial charge in [-0.05, 0) is 29.5 Å². The highest BCUT2D eigenvalue weighted by molar-refractivity contribution is 14.1. The zero-order valence-corrected chi connectivity index (χ0v) is 10.3. The Hall–Kier alpha value is -0.860. The van der Waals surface area contributed by atoms with Crippen LogP contribution in [0, 0.1) is 9.52 Å². The molecule has 88 valence electrons. The molecule has 1 rings (SSSR count). The molecule has 3 nitrogen and oxygen atoms in total. The SMILES string of the molecule is CCOC(=O)c1c(C(F)F)cnc(F)c1I. The number of pyridine rings is 1. The third-order valence-corrected chi connectivity index (χ3v) is 2.71. The van der Waals surface area contributed by atoms with Crippen LogP contribution in [0.25, 0.3) is 0 Å². The van der Waals surface area contributed by atoms with Crippen molar-refractivity contribution in [2.24, 2.45) is 0 Å². The van der Waals surface area contributed by atoms with Gasteiger partial charge < -0.3 is 4.74 Å². The van der Waals surface area contributed by atoms with E-state index in [1.165, 1.54) is 29.5 Å². The van der Waals surface area contributed by atoms with Crippen molar-refractivity contribution < 1.29 is 22.7 Å². The number of esters is 1. The Labute approximate surface area is 103 Å². The number of nitrogens with zero attached hydrogens (tertiary/aromatic N) is 1. The van der Waals surface area contributed by atoms with Crippen LogP contribution in [0.2, 0.25) is 0 Å². The van der Waals surface area contributed by atoms with Crippen molar-refractivity contribution in [3.05, 3.63) is 26.8 Å². The van der Waals surface area contributed by atoms with Gasteiger partial charge in [-0.2, -0.15) is 4.39 Å². The van der Waals surface area contributed by atoms with Crippen LogP contribution in [0.1, 0.15) is 29.3 Å². The number of halogens is 4. The van der Waals surface area contributed by atoms with Gasteiger partial charge in [-0.3, -0.25) is 0 Å². The molecule has 0 aliphatic heterocycles. The number of hydrogen-bond donors (Lipinski definition) is 0. The van der Waals surface area contributed by atoms with Crippen LogP contribution < -0.4 is 0 Å². The summed E-state index contributed by atoms with van der Waals surface area (Å²) in [6.45, 7) is 1.56. The highest BCUT2D eigenvalue weighted by Gasteiger charge is 2.25. The predicted molar refractivity (Wildman–Crippen MR) is 57.8 cm³/mol. The maximum atomic E-state index is 13.1. The second-order valence-electron chi connectivity index (χ2n) is 2.71. The van der Waals surface area contributed by atoms with E-state index in [1.54, 1.807) is 0 Å². The van der Waals surface area contributed by atoms with Crippen molar-refractivity contribution >= 4 is 28.6 Å². The Kier molecular flexibility index (Phi) is 4.51. The van der Waals surface area contributed by atoms with Crippen molar-refractivity contribution in [3.8, 4) is 0 Å². The molecule has 0 aliphatic rings. The number of aromatic nitrogens is 1. The van der Waals surface area contributed by atoms with Gasteiger partial charge in [-0.1, -0.05) is 0 Å². The minimum absolute atomic E-state index is 0.0293. The summed E-state index contributed by atoms with van der Waals surface area (Å²) in [5.41, 5.74) is -1.07. The van der Waals surface area contributed by atoms with Crippen molar-refractivity contribution in [3.63, 3.8) is 0 Å². The van der Waals surface area contributed by atoms with E-state index in [0.29, 0.717) is 6.20 Å². The van der Waals surface area contributed by atoms with E-state index in [4.69, 9.17) is 0 Å². The molecule has 0 radical (unpaired) electrons. The largest absolute Gasteiger partial charge is 0.462 e. The lowest BCUT2D eigenvalue weighted by molar-refractivity contribution is 0.0512. The van der Waals surface area contributed by atoms with Crippen LogP contribution in [-0.4, -0.2) is 17.6 Å². The molecule has 1 aromatic rings. The number of rotatable bonds is 3. The Balaban J connectivity index is 3.31.